The molecule has 21 heavy (non-hydrogen) atoms. The Hall–Kier alpha value is -1.65. The molecule has 0 aliphatic rings. The van der Waals surface area contributed by atoms with Gasteiger partial charge in [0.2, 0.25) is 5.91 Å². The molecule has 1 heterocycles. The summed E-state index contributed by atoms with van der Waals surface area (Å²) >= 11 is 7.52. The number of hydrogen-bond donors (Lipinski definition) is 1. The van der Waals surface area contributed by atoms with Crippen LogP contribution in [-0.4, -0.2) is 18.2 Å². The molecule has 0 fully saturated rings. The number of halogens is 1. The number of carbonyl (C=O) groups excluding carboxylic acids is 1. The average Bonchev–Trinajstić information content (AvgIpc) is 2.99. The lowest BCUT2D eigenvalue weighted by Crippen LogP contribution is -2.23. The maximum absolute atomic E-state index is 11.6. The lowest BCUT2D eigenvalue weighted by Gasteiger charge is -2.01. The molecule has 5 heteroatoms. The second kappa shape index (κ2) is 8.60. The van der Waals surface area contributed by atoms with Crippen LogP contribution in [0.1, 0.15) is 11.3 Å². The Bertz CT molecular complexity index is 579. The Labute approximate surface area is 133 Å². The molecule has 0 aliphatic heterocycles. The summed E-state index contributed by atoms with van der Waals surface area (Å²) in [6.45, 7) is 0.634. The van der Waals surface area contributed by atoms with Gasteiger partial charge in [-0.2, -0.15) is 11.8 Å². The molecule has 110 valence electrons. The minimum atomic E-state index is -0.0939. The van der Waals surface area contributed by atoms with Gasteiger partial charge >= 0.3 is 0 Å². The van der Waals surface area contributed by atoms with Crippen LogP contribution in [-0.2, 0) is 10.5 Å². The Morgan fingerprint density at radius 1 is 1.29 bits per heavy atom. The fraction of sp³-hybridized carbons (Fsp3) is 0.188. The molecule has 0 atom stereocenters. The van der Waals surface area contributed by atoms with Crippen molar-refractivity contribution in [2.24, 2.45) is 0 Å². The molecular formula is C16H16ClNO2S. The first kappa shape index (κ1) is 15.7. The first-order valence-electron chi connectivity index (χ1n) is 6.55. The molecule has 0 spiro atoms. The predicted octanol–water partition coefficient (Wildman–Crippen LogP) is 4.00. The van der Waals surface area contributed by atoms with Gasteiger partial charge < -0.3 is 9.73 Å². The van der Waals surface area contributed by atoms with Crippen LogP contribution >= 0.6 is 23.4 Å². The van der Waals surface area contributed by atoms with Crippen LogP contribution in [0.15, 0.2) is 53.2 Å². The standard InChI is InChI=1S/C16H16ClNO2S/c17-14-6-3-13(4-7-14)5-8-16(19)18-9-11-21-12-15-2-1-10-20-15/h1-8,10H,9,11-12H2,(H,18,19)/b8-5+. The number of furan rings is 1. The van der Waals surface area contributed by atoms with Crippen molar-refractivity contribution in [3.8, 4) is 0 Å². The van der Waals surface area contributed by atoms with Crippen molar-refractivity contribution in [1.29, 1.82) is 0 Å². The van der Waals surface area contributed by atoms with E-state index in [4.69, 9.17) is 16.0 Å². The zero-order valence-corrected chi connectivity index (χ0v) is 13.0. The van der Waals surface area contributed by atoms with Gasteiger partial charge in [-0.05, 0) is 35.9 Å². The highest BCUT2D eigenvalue weighted by Crippen LogP contribution is 2.12. The van der Waals surface area contributed by atoms with Crippen molar-refractivity contribution in [2.75, 3.05) is 12.3 Å². The topological polar surface area (TPSA) is 42.2 Å². The molecule has 1 N–H and O–H groups in total. The normalized spacial score (nSPS) is 10.9. The quantitative estimate of drug-likeness (QED) is 0.619. The van der Waals surface area contributed by atoms with Crippen LogP contribution in [0.2, 0.25) is 5.02 Å². The van der Waals surface area contributed by atoms with Crippen LogP contribution in [0.4, 0.5) is 0 Å². The van der Waals surface area contributed by atoms with Crippen molar-refractivity contribution in [1.82, 2.24) is 5.32 Å². The number of hydrogen-bond acceptors (Lipinski definition) is 3. The first-order chi connectivity index (χ1) is 10.2. The van der Waals surface area contributed by atoms with Crippen LogP contribution in [0.5, 0.6) is 0 Å². The number of benzene rings is 1. The molecule has 0 saturated carbocycles. The van der Waals surface area contributed by atoms with E-state index in [1.807, 2.05) is 24.3 Å². The summed E-state index contributed by atoms with van der Waals surface area (Å²) in [6, 6.07) is 11.1. The van der Waals surface area contributed by atoms with Crippen LogP contribution in [0.3, 0.4) is 0 Å². The average molecular weight is 322 g/mol. The van der Waals surface area contributed by atoms with Crippen molar-refractivity contribution < 1.29 is 9.21 Å². The molecule has 0 unspecified atom stereocenters. The second-order valence-corrected chi connectivity index (χ2v) is 5.85. The Balaban J connectivity index is 1.62. The number of thioether (sulfide) groups is 1. The van der Waals surface area contributed by atoms with Crippen LogP contribution in [0, 0.1) is 0 Å². The SMILES string of the molecule is O=C(/C=C/c1ccc(Cl)cc1)NCCSCc1ccco1. The highest BCUT2D eigenvalue weighted by molar-refractivity contribution is 7.98. The van der Waals surface area contributed by atoms with E-state index in [0.717, 1.165) is 22.8 Å². The van der Waals surface area contributed by atoms with Gasteiger partial charge in [0.1, 0.15) is 5.76 Å². The van der Waals surface area contributed by atoms with E-state index >= 15 is 0 Å². The van der Waals surface area contributed by atoms with Gasteiger partial charge in [-0.25, -0.2) is 0 Å². The number of amides is 1. The van der Waals surface area contributed by atoms with Gasteiger partial charge in [-0.15, -0.1) is 0 Å². The summed E-state index contributed by atoms with van der Waals surface area (Å²) in [5.74, 6) is 2.53. The highest BCUT2D eigenvalue weighted by Gasteiger charge is 1.98. The molecule has 1 aromatic carbocycles. The van der Waals surface area contributed by atoms with Gasteiger partial charge in [0, 0.05) is 23.4 Å². The summed E-state index contributed by atoms with van der Waals surface area (Å²) in [5, 5.41) is 3.53. The van der Waals surface area contributed by atoms with E-state index < -0.39 is 0 Å². The van der Waals surface area contributed by atoms with Crippen molar-refractivity contribution in [2.45, 2.75) is 5.75 Å². The summed E-state index contributed by atoms with van der Waals surface area (Å²) in [4.78, 5) is 11.6. The smallest absolute Gasteiger partial charge is 0.244 e. The number of nitrogens with one attached hydrogen (secondary N) is 1. The van der Waals surface area contributed by atoms with E-state index in [9.17, 15) is 4.79 Å². The van der Waals surface area contributed by atoms with E-state index in [-0.39, 0.29) is 5.91 Å². The Morgan fingerprint density at radius 3 is 2.81 bits per heavy atom. The van der Waals surface area contributed by atoms with Crippen LogP contribution < -0.4 is 5.32 Å². The largest absolute Gasteiger partial charge is 0.468 e. The molecule has 0 bridgehead atoms. The van der Waals surface area contributed by atoms with Crippen molar-refractivity contribution >= 4 is 35.3 Å². The maximum atomic E-state index is 11.6. The van der Waals surface area contributed by atoms with Crippen molar-refractivity contribution in [3.05, 3.63) is 65.1 Å². The third-order valence-corrected chi connectivity index (χ3v) is 3.90. The molecule has 2 rings (SSSR count). The summed E-state index contributed by atoms with van der Waals surface area (Å²) < 4.78 is 5.23. The van der Waals surface area contributed by atoms with Crippen LogP contribution in [0.25, 0.3) is 6.08 Å². The molecule has 1 amide bonds. The molecule has 0 aliphatic carbocycles. The third kappa shape index (κ3) is 6.10. The summed E-state index contributed by atoms with van der Waals surface area (Å²) in [6.07, 6.45) is 4.96. The summed E-state index contributed by atoms with van der Waals surface area (Å²) in [7, 11) is 0. The monoisotopic (exact) mass is 321 g/mol. The van der Waals surface area contributed by atoms with Gasteiger partial charge in [-0.1, -0.05) is 23.7 Å². The number of carbonyl (C=O) groups is 1. The lowest BCUT2D eigenvalue weighted by atomic mass is 10.2. The molecule has 3 nitrogen and oxygen atoms in total. The molecule has 0 saturated heterocycles. The Kier molecular flexibility index (Phi) is 6.44. The zero-order valence-electron chi connectivity index (χ0n) is 11.4. The first-order valence-corrected chi connectivity index (χ1v) is 8.09. The van der Waals surface area contributed by atoms with Gasteiger partial charge in [-0.3, -0.25) is 4.79 Å². The lowest BCUT2D eigenvalue weighted by molar-refractivity contribution is -0.116. The minimum absolute atomic E-state index is 0.0939. The fourth-order valence-corrected chi connectivity index (χ4v) is 2.50. The van der Waals surface area contributed by atoms with Gasteiger partial charge in [0.15, 0.2) is 0 Å². The summed E-state index contributed by atoms with van der Waals surface area (Å²) in [5.41, 5.74) is 0.946. The highest BCUT2D eigenvalue weighted by atomic mass is 35.5. The third-order valence-electron chi connectivity index (χ3n) is 2.67. The fourth-order valence-electron chi connectivity index (χ4n) is 1.62. The number of rotatable bonds is 7. The van der Waals surface area contributed by atoms with Gasteiger partial charge in [0.25, 0.3) is 0 Å². The zero-order chi connectivity index (χ0) is 14.9. The molecule has 2 aromatic rings. The van der Waals surface area contributed by atoms with E-state index in [2.05, 4.69) is 5.32 Å². The molecular weight excluding hydrogens is 306 g/mol. The van der Waals surface area contributed by atoms with E-state index in [1.54, 1.807) is 36.2 Å². The second-order valence-electron chi connectivity index (χ2n) is 4.31. The predicted molar refractivity (Wildman–Crippen MR) is 88.4 cm³/mol. The molecule has 0 radical (unpaired) electrons. The Morgan fingerprint density at radius 2 is 2.10 bits per heavy atom. The maximum Gasteiger partial charge on any atom is 0.244 e. The van der Waals surface area contributed by atoms with Gasteiger partial charge in [0.05, 0.1) is 12.0 Å². The van der Waals surface area contributed by atoms with Crippen molar-refractivity contribution in [3.63, 3.8) is 0 Å². The molecule has 1 aromatic heterocycles. The van der Waals surface area contributed by atoms with E-state index in [1.165, 1.54) is 6.08 Å². The minimum Gasteiger partial charge on any atom is -0.468 e. The van der Waals surface area contributed by atoms with E-state index in [0.29, 0.717) is 11.6 Å².